The summed E-state index contributed by atoms with van der Waals surface area (Å²) >= 11 is 0. The number of aryl methyl sites for hydroxylation is 1. The number of likely N-dealkylation sites (N-methyl/N-ethyl adjacent to an activating group) is 1. The molecule has 0 aromatic heterocycles. The molecule has 10 nitrogen and oxygen atoms in total. The zero-order valence-corrected chi connectivity index (χ0v) is 24.7. The standard InChI is InChI=1S/C30H35FN4O6S/c1-19-5-12-25(13-6-19)42(39,40)34(4)17-28-20(2)16-35(21(3)18-36)29(37)26-15-24(11-14-27(26)41-28)33-30(38)32-23-9-7-22(31)8-10-23/h5-15,20-21,28,36H,16-18H2,1-4H3,(H2,32,33,38)/t20-,21-,28+/m0/s1. The summed E-state index contributed by atoms with van der Waals surface area (Å²) in [6, 6.07) is 15.3. The number of urea groups is 1. The fourth-order valence-corrected chi connectivity index (χ4v) is 5.77. The molecule has 0 saturated heterocycles. The summed E-state index contributed by atoms with van der Waals surface area (Å²) in [5.41, 5.74) is 1.76. The van der Waals surface area contributed by atoms with Gasteiger partial charge in [0.25, 0.3) is 5.91 Å². The number of nitrogens with one attached hydrogen (secondary N) is 2. The Balaban J connectivity index is 1.61. The van der Waals surface area contributed by atoms with Crippen LogP contribution in [0.15, 0.2) is 71.6 Å². The molecular weight excluding hydrogens is 563 g/mol. The van der Waals surface area contributed by atoms with E-state index < -0.39 is 39.9 Å². The normalized spacial score (nSPS) is 18.0. The molecule has 224 valence electrons. The Morgan fingerprint density at radius 2 is 1.71 bits per heavy atom. The number of carbonyl (C=O) groups is 2. The lowest BCUT2D eigenvalue weighted by Crippen LogP contribution is -2.50. The molecule has 4 rings (SSSR count). The molecule has 0 spiro atoms. The van der Waals surface area contributed by atoms with Crippen molar-refractivity contribution < 1.29 is 32.2 Å². The van der Waals surface area contributed by atoms with Crippen LogP contribution >= 0.6 is 0 Å². The van der Waals surface area contributed by atoms with Gasteiger partial charge >= 0.3 is 6.03 Å². The number of hydrogen-bond acceptors (Lipinski definition) is 6. The average molecular weight is 599 g/mol. The summed E-state index contributed by atoms with van der Waals surface area (Å²) in [7, 11) is -2.33. The number of ether oxygens (including phenoxy) is 1. The lowest BCUT2D eigenvalue weighted by Gasteiger charge is -2.38. The first-order valence-electron chi connectivity index (χ1n) is 13.5. The van der Waals surface area contributed by atoms with Crippen LogP contribution in [0.3, 0.4) is 0 Å². The van der Waals surface area contributed by atoms with Gasteiger partial charge < -0.3 is 25.4 Å². The van der Waals surface area contributed by atoms with Crippen LogP contribution in [0.1, 0.15) is 29.8 Å². The van der Waals surface area contributed by atoms with Gasteiger partial charge in [-0.15, -0.1) is 0 Å². The van der Waals surface area contributed by atoms with Crippen molar-refractivity contribution >= 4 is 33.3 Å². The molecule has 0 saturated carbocycles. The van der Waals surface area contributed by atoms with Gasteiger partial charge in [-0.1, -0.05) is 24.6 Å². The molecular formula is C30H35FN4O6S. The third-order valence-corrected chi connectivity index (χ3v) is 9.03. The molecule has 0 aliphatic carbocycles. The average Bonchev–Trinajstić information content (AvgIpc) is 2.96. The summed E-state index contributed by atoms with van der Waals surface area (Å²) in [5, 5.41) is 15.1. The highest BCUT2D eigenvalue weighted by molar-refractivity contribution is 7.89. The van der Waals surface area contributed by atoms with Crippen LogP contribution in [0.2, 0.25) is 0 Å². The second-order valence-corrected chi connectivity index (χ2v) is 12.6. The van der Waals surface area contributed by atoms with E-state index in [1.807, 2.05) is 13.8 Å². The molecule has 1 heterocycles. The van der Waals surface area contributed by atoms with Crippen molar-refractivity contribution in [1.29, 1.82) is 0 Å². The molecule has 3 aromatic carbocycles. The Morgan fingerprint density at radius 3 is 2.36 bits per heavy atom. The van der Waals surface area contributed by atoms with Crippen molar-refractivity contribution in [3.05, 3.63) is 83.7 Å². The van der Waals surface area contributed by atoms with Crippen molar-refractivity contribution in [2.45, 2.75) is 37.8 Å². The van der Waals surface area contributed by atoms with E-state index in [1.54, 1.807) is 43.3 Å². The number of amides is 3. The van der Waals surface area contributed by atoms with Crippen LogP contribution < -0.4 is 15.4 Å². The third kappa shape index (κ3) is 7.07. The highest BCUT2D eigenvalue weighted by Crippen LogP contribution is 2.31. The van der Waals surface area contributed by atoms with Crippen LogP contribution in [-0.4, -0.2) is 73.6 Å². The molecule has 12 heteroatoms. The zero-order chi connectivity index (χ0) is 30.6. The minimum Gasteiger partial charge on any atom is -0.488 e. The summed E-state index contributed by atoms with van der Waals surface area (Å²) < 4.78 is 47.3. The summed E-state index contributed by atoms with van der Waals surface area (Å²) in [4.78, 5) is 27.9. The summed E-state index contributed by atoms with van der Waals surface area (Å²) in [5.74, 6) is -0.919. The van der Waals surface area contributed by atoms with E-state index >= 15 is 0 Å². The highest BCUT2D eigenvalue weighted by atomic mass is 32.2. The fourth-order valence-electron chi connectivity index (χ4n) is 4.59. The molecule has 3 atom stereocenters. The predicted octanol–water partition coefficient (Wildman–Crippen LogP) is 4.32. The SMILES string of the molecule is Cc1ccc(S(=O)(=O)N(C)C[C@H]2Oc3ccc(NC(=O)Nc4ccc(F)cc4)cc3C(=O)N([C@@H](C)CO)C[C@@H]2C)cc1. The molecule has 42 heavy (non-hydrogen) atoms. The number of rotatable bonds is 8. The smallest absolute Gasteiger partial charge is 0.323 e. The van der Waals surface area contributed by atoms with Crippen LogP contribution in [0.4, 0.5) is 20.6 Å². The van der Waals surface area contributed by atoms with Crippen molar-refractivity contribution in [2.75, 3.05) is 37.4 Å². The maximum absolute atomic E-state index is 13.7. The van der Waals surface area contributed by atoms with Gasteiger partial charge in [-0.05, 0) is 68.4 Å². The second-order valence-electron chi connectivity index (χ2n) is 10.5. The van der Waals surface area contributed by atoms with Crippen LogP contribution in [0.5, 0.6) is 5.75 Å². The monoisotopic (exact) mass is 598 g/mol. The zero-order valence-electron chi connectivity index (χ0n) is 23.9. The Hall–Kier alpha value is -4.00. The number of sulfonamides is 1. The van der Waals surface area contributed by atoms with Crippen molar-refractivity contribution in [3.8, 4) is 5.75 Å². The number of carbonyl (C=O) groups excluding carboxylic acids is 2. The van der Waals surface area contributed by atoms with Crippen LogP contribution in [0.25, 0.3) is 0 Å². The van der Waals surface area contributed by atoms with Gasteiger partial charge in [0, 0.05) is 30.9 Å². The van der Waals surface area contributed by atoms with Gasteiger partial charge in [-0.2, -0.15) is 4.31 Å². The molecule has 3 amide bonds. The quantitative estimate of drug-likeness (QED) is 0.354. The maximum Gasteiger partial charge on any atom is 0.323 e. The van der Waals surface area contributed by atoms with E-state index in [0.717, 1.165) is 5.56 Å². The van der Waals surface area contributed by atoms with Gasteiger partial charge in [0.15, 0.2) is 0 Å². The first-order chi connectivity index (χ1) is 19.9. The van der Waals surface area contributed by atoms with Crippen LogP contribution in [0, 0.1) is 18.7 Å². The van der Waals surface area contributed by atoms with Gasteiger partial charge in [-0.25, -0.2) is 17.6 Å². The largest absolute Gasteiger partial charge is 0.488 e. The number of aliphatic hydroxyl groups is 1. The van der Waals surface area contributed by atoms with E-state index in [4.69, 9.17) is 4.74 Å². The fraction of sp³-hybridized carbons (Fsp3) is 0.333. The molecule has 0 fully saturated rings. The molecule has 3 aromatic rings. The van der Waals surface area contributed by atoms with Crippen LogP contribution in [-0.2, 0) is 10.0 Å². The number of nitrogens with zero attached hydrogens (tertiary/aromatic N) is 2. The Kier molecular flexibility index (Phi) is 9.50. The molecule has 1 aliphatic rings. The van der Waals surface area contributed by atoms with Crippen molar-refractivity contribution in [2.24, 2.45) is 5.92 Å². The lowest BCUT2D eigenvalue weighted by atomic mass is 9.99. The topological polar surface area (TPSA) is 128 Å². The maximum atomic E-state index is 13.7. The number of halogens is 1. The predicted molar refractivity (Wildman–Crippen MR) is 158 cm³/mol. The van der Waals surface area contributed by atoms with E-state index in [0.29, 0.717) is 11.4 Å². The van der Waals surface area contributed by atoms with Crippen molar-refractivity contribution in [3.63, 3.8) is 0 Å². The first kappa shape index (κ1) is 30.9. The lowest BCUT2D eigenvalue weighted by molar-refractivity contribution is 0.0387. The van der Waals surface area contributed by atoms with E-state index in [1.165, 1.54) is 46.6 Å². The Morgan fingerprint density at radius 1 is 1.10 bits per heavy atom. The molecule has 0 radical (unpaired) electrons. The molecule has 0 unspecified atom stereocenters. The Labute approximate surface area is 245 Å². The Bertz CT molecular complexity index is 1530. The molecule has 0 bridgehead atoms. The number of hydrogen-bond donors (Lipinski definition) is 3. The molecule has 3 N–H and O–H groups in total. The second kappa shape index (κ2) is 12.9. The number of aliphatic hydroxyl groups excluding tert-OH is 1. The summed E-state index contributed by atoms with van der Waals surface area (Å²) in [6.07, 6.45) is -0.643. The van der Waals surface area contributed by atoms with Gasteiger partial charge in [0.05, 0.1) is 29.7 Å². The van der Waals surface area contributed by atoms with Gasteiger partial charge in [-0.3, -0.25) is 4.79 Å². The number of benzene rings is 3. The summed E-state index contributed by atoms with van der Waals surface area (Å²) in [6.45, 7) is 5.38. The van der Waals surface area contributed by atoms with Gasteiger partial charge in [0.1, 0.15) is 17.7 Å². The van der Waals surface area contributed by atoms with Crippen molar-refractivity contribution in [1.82, 2.24) is 9.21 Å². The number of fused-ring (bicyclic) bond motifs is 1. The van der Waals surface area contributed by atoms with Gasteiger partial charge in [0.2, 0.25) is 10.0 Å². The minimum atomic E-state index is -3.81. The number of anilines is 2. The molecule has 1 aliphatic heterocycles. The first-order valence-corrected chi connectivity index (χ1v) is 14.9. The van der Waals surface area contributed by atoms with E-state index in [9.17, 15) is 27.5 Å². The third-order valence-electron chi connectivity index (χ3n) is 7.19. The minimum absolute atomic E-state index is 0.00638. The van der Waals surface area contributed by atoms with E-state index in [2.05, 4.69) is 10.6 Å². The van der Waals surface area contributed by atoms with E-state index in [-0.39, 0.29) is 41.8 Å². The highest BCUT2D eigenvalue weighted by Gasteiger charge is 2.35.